The summed E-state index contributed by atoms with van der Waals surface area (Å²) in [6.07, 6.45) is 0.872. The summed E-state index contributed by atoms with van der Waals surface area (Å²) >= 11 is 0. The largest absolute Gasteiger partial charge is 0.474 e. The van der Waals surface area contributed by atoms with E-state index in [0.29, 0.717) is 25.7 Å². The lowest BCUT2D eigenvalue weighted by atomic mass is 10.1. The van der Waals surface area contributed by atoms with Crippen LogP contribution in [0.5, 0.6) is 0 Å². The topological polar surface area (TPSA) is 44.8 Å². The quantitative estimate of drug-likeness (QED) is 0.632. The molecule has 0 aliphatic carbocycles. The molecule has 0 bridgehead atoms. The average molecular weight is 194 g/mol. The van der Waals surface area contributed by atoms with Gasteiger partial charge in [0.1, 0.15) is 0 Å². The van der Waals surface area contributed by atoms with Crippen molar-refractivity contribution in [3.63, 3.8) is 0 Å². The summed E-state index contributed by atoms with van der Waals surface area (Å²) in [4.78, 5) is 0. The van der Waals surface area contributed by atoms with E-state index in [1.54, 1.807) is 6.92 Å². The Morgan fingerprint density at radius 1 is 1.58 bits per heavy atom. The van der Waals surface area contributed by atoms with E-state index in [0.717, 1.165) is 6.42 Å². The maximum Gasteiger partial charge on any atom is 0.474 e. The molecule has 0 amide bonds. The molecule has 1 aliphatic heterocycles. The minimum atomic E-state index is -3.19. The Bertz CT molecular complexity index is 182. The number of hydrogen-bond acceptors (Lipinski definition) is 4. The van der Waals surface area contributed by atoms with Gasteiger partial charge in [-0.25, -0.2) is 4.57 Å². The average Bonchev–Trinajstić information content (AvgIpc) is 2.15. The van der Waals surface area contributed by atoms with E-state index in [2.05, 4.69) is 0 Å². The Morgan fingerprint density at radius 3 is 3.00 bits per heavy atom. The number of rotatable bonds is 2. The molecule has 1 aliphatic rings. The summed E-state index contributed by atoms with van der Waals surface area (Å²) in [6.45, 7) is 5.06. The SMILES string of the molecule is CCOP1(=O)OCCC(C)CO1. The van der Waals surface area contributed by atoms with Gasteiger partial charge < -0.3 is 0 Å². The predicted molar refractivity (Wildman–Crippen MR) is 44.9 cm³/mol. The van der Waals surface area contributed by atoms with Gasteiger partial charge in [0.2, 0.25) is 0 Å². The highest BCUT2D eigenvalue weighted by Gasteiger charge is 2.29. The molecular formula is C7H15O4P. The van der Waals surface area contributed by atoms with Gasteiger partial charge in [-0.1, -0.05) is 6.92 Å². The second-order valence-corrected chi connectivity index (χ2v) is 4.56. The van der Waals surface area contributed by atoms with E-state index in [1.807, 2.05) is 6.92 Å². The summed E-state index contributed by atoms with van der Waals surface area (Å²) in [7, 11) is -3.19. The van der Waals surface area contributed by atoms with Crippen LogP contribution in [0.3, 0.4) is 0 Å². The smallest absolute Gasteiger partial charge is 0.287 e. The Hall–Kier alpha value is 0.110. The van der Waals surface area contributed by atoms with Crippen LogP contribution in [-0.2, 0) is 18.1 Å². The van der Waals surface area contributed by atoms with Gasteiger partial charge in [-0.3, -0.25) is 13.6 Å². The highest BCUT2D eigenvalue weighted by Crippen LogP contribution is 2.51. The first-order valence-electron chi connectivity index (χ1n) is 4.20. The molecular weight excluding hydrogens is 179 g/mol. The zero-order chi connectivity index (χ0) is 9.03. The highest BCUT2D eigenvalue weighted by atomic mass is 31.2. The number of phosphoric ester groups is 1. The van der Waals surface area contributed by atoms with Crippen molar-refractivity contribution in [1.29, 1.82) is 0 Å². The summed E-state index contributed by atoms with van der Waals surface area (Å²) in [5.74, 6) is 0.390. The monoisotopic (exact) mass is 194 g/mol. The van der Waals surface area contributed by atoms with Crippen LogP contribution in [0.25, 0.3) is 0 Å². The van der Waals surface area contributed by atoms with Crippen LogP contribution in [-0.4, -0.2) is 19.8 Å². The molecule has 0 spiro atoms. The van der Waals surface area contributed by atoms with E-state index in [9.17, 15) is 4.57 Å². The molecule has 1 fully saturated rings. The van der Waals surface area contributed by atoms with Gasteiger partial charge >= 0.3 is 7.82 Å². The summed E-state index contributed by atoms with van der Waals surface area (Å²) in [6, 6.07) is 0. The predicted octanol–water partition coefficient (Wildman–Crippen LogP) is 2.20. The van der Waals surface area contributed by atoms with Gasteiger partial charge in [0.15, 0.2) is 0 Å². The Balaban J connectivity index is 2.49. The third-order valence-electron chi connectivity index (χ3n) is 1.66. The lowest BCUT2D eigenvalue weighted by Crippen LogP contribution is -2.01. The first-order chi connectivity index (χ1) is 5.66. The van der Waals surface area contributed by atoms with Gasteiger partial charge in [-0.15, -0.1) is 0 Å². The number of phosphoric acid groups is 1. The third kappa shape index (κ3) is 2.87. The fourth-order valence-electron chi connectivity index (χ4n) is 0.937. The second-order valence-electron chi connectivity index (χ2n) is 2.89. The normalized spacial score (nSPS) is 37.7. The zero-order valence-electron chi connectivity index (χ0n) is 7.49. The molecule has 1 rings (SSSR count). The van der Waals surface area contributed by atoms with Crippen LogP contribution >= 0.6 is 7.82 Å². The fraction of sp³-hybridized carbons (Fsp3) is 1.00. The summed E-state index contributed by atoms with van der Waals surface area (Å²) in [5.41, 5.74) is 0. The zero-order valence-corrected chi connectivity index (χ0v) is 8.38. The first-order valence-corrected chi connectivity index (χ1v) is 5.66. The van der Waals surface area contributed by atoms with Crippen LogP contribution in [0, 0.1) is 5.92 Å². The minimum Gasteiger partial charge on any atom is -0.287 e. The standard InChI is InChI=1S/C7H15O4P/c1-3-9-12(8)10-5-4-7(2)6-11-12/h7H,3-6H2,1-2H3. The molecule has 0 radical (unpaired) electrons. The molecule has 0 aromatic carbocycles. The molecule has 2 atom stereocenters. The van der Waals surface area contributed by atoms with E-state index in [1.165, 1.54) is 0 Å². The van der Waals surface area contributed by atoms with Crippen LogP contribution in [0.2, 0.25) is 0 Å². The van der Waals surface area contributed by atoms with Gasteiger partial charge in [0.05, 0.1) is 19.8 Å². The van der Waals surface area contributed by atoms with E-state index in [-0.39, 0.29) is 0 Å². The maximum atomic E-state index is 11.5. The van der Waals surface area contributed by atoms with Crippen LogP contribution in [0.4, 0.5) is 0 Å². The van der Waals surface area contributed by atoms with Crippen LogP contribution in [0.15, 0.2) is 0 Å². The van der Waals surface area contributed by atoms with Crippen molar-refractivity contribution in [3.05, 3.63) is 0 Å². The molecule has 12 heavy (non-hydrogen) atoms. The molecule has 0 aromatic heterocycles. The molecule has 4 nitrogen and oxygen atoms in total. The van der Waals surface area contributed by atoms with Crippen molar-refractivity contribution in [1.82, 2.24) is 0 Å². The molecule has 1 saturated heterocycles. The van der Waals surface area contributed by atoms with E-state index >= 15 is 0 Å². The third-order valence-corrected chi connectivity index (χ3v) is 3.20. The van der Waals surface area contributed by atoms with Crippen molar-refractivity contribution in [3.8, 4) is 0 Å². The van der Waals surface area contributed by atoms with Gasteiger partial charge in [0.25, 0.3) is 0 Å². The van der Waals surface area contributed by atoms with Crippen molar-refractivity contribution in [2.24, 2.45) is 5.92 Å². The van der Waals surface area contributed by atoms with Gasteiger partial charge in [-0.2, -0.15) is 0 Å². The number of hydrogen-bond donors (Lipinski definition) is 0. The molecule has 5 heteroatoms. The summed E-state index contributed by atoms with van der Waals surface area (Å²) < 4.78 is 26.5. The maximum absolute atomic E-state index is 11.5. The van der Waals surface area contributed by atoms with Crippen LogP contribution in [0.1, 0.15) is 20.3 Å². The Kier molecular flexibility index (Phi) is 3.72. The van der Waals surface area contributed by atoms with Crippen molar-refractivity contribution < 1.29 is 18.1 Å². The van der Waals surface area contributed by atoms with E-state index in [4.69, 9.17) is 13.6 Å². The second kappa shape index (κ2) is 4.38. The fourth-order valence-corrected chi connectivity index (χ4v) is 2.24. The molecule has 0 N–H and O–H groups in total. The molecule has 2 unspecified atom stereocenters. The Labute approximate surface area is 72.8 Å². The van der Waals surface area contributed by atoms with Gasteiger partial charge in [-0.05, 0) is 19.3 Å². The van der Waals surface area contributed by atoms with Crippen molar-refractivity contribution in [2.45, 2.75) is 20.3 Å². The highest BCUT2D eigenvalue weighted by molar-refractivity contribution is 7.48. The van der Waals surface area contributed by atoms with Gasteiger partial charge in [0, 0.05) is 0 Å². The molecule has 72 valence electrons. The van der Waals surface area contributed by atoms with Crippen molar-refractivity contribution >= 4 is 7.82 Å². The lowest BCUT2D eigenvalue weighted by Gasteiger charge is -2.13. The van der Waals surface area contributed by atoms with Crippen LogP contribution < -0.4 is 0 Å². The minimum absolute atomic E-state index is 0.353. The summed E-state index contributed by atoms with van der Waals surface area (Å²) in [5, 5.41) is 0. The molecule has 0 aromatic rings. The van der Waals surface area contributed by atoms with Crippen molar-refractivity contribution in [2.75, 3.05) is 19.8 Å². The van der Waals surface area contributed by atoms with E-state index < -0.39 is 7.82 Å². The Morgan fingerprint density at radius 2 is 2.33 bits per heavy atom. The first kappa shape index (κ1) is 10.2. The molecule has 1 heterocycles. The lowest BCUT2D eigenvalue weighted by molar-refractivity contribution is 0.134. The molecule has 0 saturated carbocycles.